The van der Waals surface area contributed by atoms with Gasteiger partial charge in [0, 0.05) is 23.9 Å². The molecule has 8 nitrogen and oxygen atoms in total. The first kappa shape index (κ1) is 13.8. The monoisotopic (exact) mass is 312 g/mol. The summed E-state index contributed by atoms with van der Waals surface area (Å²) in [7, 11) is 0. The molecule has 1 unspecified atom stereocenters. The number of morpholine rings is 1. The summed E-state index contributed by atoms with van der Waals surface area (Å²) >= 11 is 0. The first-order chi connectivity index (χ1) is 11.3. The summed E-state index contributed by atoms with van der Waals surface area (Å²) < 4.78 is 5.47. The molecule has 2 amide bonds. The van der Waals surface area contributed by atoms with Crippen LogP contribution in [0.2, 0.25) is 0 Å². The topological polar surface area (TPSA) is 98.9 Å². The molecule has 1 atom stereocenters. The van der Waals surface area contributed by atoms with Crippen LogP contribution in [0.3, 0.4) is 0 Å². The van der Waals surface area contributed by atoms with Crippen LogP contribution in [0.25, 0.3) is 10.9 Å². The molecule has 2 aromatic heterocycles. The van der Waals surface area contributed by atoms with Gasteiger partial charge < -0.3 is 19.9 Å². The van der Waals surface area contributed by atoms with Crippen molar-refractivity contribution in [3.8, 4) is 0 Å². The van der Waals surface area contributed by atoms with E-state index in [1.165, 1.54) is 6.33 Å². The van der Waals surface area contributed by atoms with Crippen LogP contribution in [0.1, 0.15) is 11.9 Å². The molecule has 0 saturated carbocycles. The van der Waals surface area contributed by atoms with Crippen molar-refractivity contribution in [2.45, 2.75) is 6.04 Å². The maximum atomic E-state index is 12.6. The van der Waals surface area contributed by atoms with Gasteiger partial charge in [0.25, 0.3) is 0 Å². The summed E-state index contributed by atoms with van der Waals surface area (Å²) in [5.74, 6) is 0.625. The molecule has 8 heteroatoms. The van der Waals surface area contributed by atoms with E-state index in [2.05, 4.69) is 25.5 Å². The number of carbonyl (C=O) groups is 1. The molecule has 1 aliphatic heterocycles. The molecule has 1 saturated heterocycles. The number of aromatic amines is 2. The van der Waals surface area contributed by atoms with Crippen LogP contribution < -0.4 is 5.32 Å². The molecule has 3 heterocycles. The van der Waals surface area contributed by atoms with Gasteiger partial charge in [-0.2, -0.15) is 5.10 Å². The molecular formula is C15H16N6O2. The quantitative estimate of drug-likeness (QED) is 0.673. The lowest BCUT2D eigenvalue weighted by atomic mass is 10.2. The second-order valence-corrected chi connectivity index (χ2v) is 5.36. The molecule has 1 fully saturated rings. The zero-order valence-corrected chi connectivity index (χ0v) is 12.3. The Morgan fingerprint density at radius 3 is 3.22 bits per heavy atom. The maximum absolute atomic E-state index is 12.6. The molecule has 0 spiro atoms. The number of anilines is 1. The molecule has 0 aliphatic carbocycles. The Bertz CT molecular complexity index is 812. The average molecular weight is 312 g/mol. The predicted octanol–water partition coefficient (Wildman–Crippen LogP) is 1.89. The number of hydrogen-bond donors (Lipinski definition) is 3. The Balaban J connectivity index is 1.54. The molecule has 23 heavy (non-hydrogen) atoms. The lowest BCUT2D eigenvalue weighted by Crippen LogP contribution is -2.45. The van der Waals surface area contributed by atoms with Crippen molar-refractivity contribution in [1.82, 2.24) is 25.1 Å². The lowest BCUT2D eigenvalue weighted by Gasteiger charge is -2.34. The summed E-state index contributed by atoms with van der Waals surface area (Å²) in [5, 5.41) is 10.7. The standard InChI is InChI=1S/C15H16N6O2/c22-15(19-11-2-1-10-3-4-16-12(10)7-11)21-5-6-23-8-13(21)14-17-9-18-20-14/h1-4,7,9,13,16H,5-6,8H2,(H,19,22)(H,17,18,20). The van der Waals surface area contributed by atoms with Crippen LogP contribution in [0, 0.1) is 0 Å². The van der Waals surface area contributed by atoms with Gasteiger partial charge in [0.05, 0.1) is 13.2 Å². The highest BCUT2D eigenvalue weighted by Gasteiger charge is 2.30. The Kier molecular flexibility index (Phi) is 3.43. The number of benzene rings is 1. The number of hydrogen-bond acceptors (Lipinski definition) is 4. The van der Waals surface area contributed by atoms with E-state index < -0.39 is 0 Å². The second kappa shape index (κ2) is 5.73. The highest BCUT2D eigenvalue weighted by Crippen LogP contribution is 2.23. The number of aromatic nitrogens is 4. The zero-order chi connectivity index (χ0) is 15.6. The number of nitrogens with zero attached hydrogens (tertiary/aromatic N) is 3. The van der Waals surface area contributed by atoms with Crippen molar-refractivity contribution in [3.05, 3.63) is 42.6 Å². The van der Waals surface area contributed by atoms with Gasteiger partial charge in [0.15, 0.2) is 0 Å². The van der Waals surface area contributed by atoms with Gasteiger partial charge in [0.2, 0.25) is 0 Å². The molecule has 0 radical (unpaired) electrons. The van der Waals surface area contributed by atoms with Gasteiger partial charge in [-0.15, -0.1) is 0 Å². The van der Waals surface area contributed by atoms with Crippen molar-refractivity contribution in [2.75, 3.05) is 25.1 Å². The minimum Gasteiger partial charge on any atom is -0.377 e. The van der Waals surface area contributed by atoms with Crippen LogP contribution in [0.15, 0.2) is 36.8 Å². The third kappa shape index (κ3) is 2.64. The van der Waals surface area contributed by atoms with Gasteiger partial charge in [0.1, 0.15) is 18.2 Å². The van der Waals surface area contributed by atoms with Gasteiger partial charge in [-0.3, -0.25) is 5.10 Å². The average Bonchev–Trinajstić information content (AvgIpc) is 3.26. The van der Waals surface area contributed by atoms with E-state index in [4.69, 9.17) is 4.74 Å². The smallest absolute Gasteiger partial charge is 0.322 e. The normalized spacial score (nSPS) is 18.3. The number of H-pyrrole nitrogens is 2. The van der Waals surface area contributed by atoms with Crippen molar-refractivity contribution in [1.29, 1.82) is 0 Å². The Hall–Kier alpha value is -2.87. The fourth-order valence-corrected chi connectivity index (χ4v) is 2.77. The summed E-state index contributed by atoms with van der Waals surface area (Å²) in [6, 6.07) is 7.31. The predicted molar refractivity (Wildman–Crippen MR) is 84.0 cm³/mol. The molecule has 4 rings (SSSR count). The number of ether oxygens (including phenoxy) is 1. The van der Waals surface area contributed by atoms with E-state index in [0.717, 1.165) is 16.6 Å². The zero-order valence-electron chi connectivity index (χ0n) is 12.3. The van der Waals surface area contributed by atoms with Crippen LogP contribution >= 0.6 is 0 Å². The highest BCUT2D eigenvalue weighted by atomic mass is 16.5. The first-order valence-electron chi connectivity index (χ1n) is 7.39. The van der Waals surface area contributed by atoms with E-state index >= 15 is 0 Å². The summed E-state index contributed by atoms with van der Waals surface area (Å²) in [5.41, 5.74) is 1.73. The second-order valence-electron chi connectivity index (χ2n) is 5.36. The molecule has 1 aliphatic rings. The van der Waals surface area contributed by atoms with Crippen molar-refractivity contribution >= 4 is 22.6 Å². The van der Waals surface area contributed by atoms with E-state index in [9.17, 15) is 4.79 Å². The van der Waals surface area contributed by atoms with Gasteiger partial charge >= 0.3 is 6.03 Å². The molecule has 3 N–H and O–H groups in total. The summed E-state index contributed by atoms with van der Waals surface area (Å²) in [6.07, 6.45) is 3.30. The minimum absolute atomic E-state index is 0.180. The largest absolute Gasteiger partial charge is 0.377 e. The maximum Gasteiger partial charge on any atom is 0.322 e. The number of carbonyl (C=O) groups excluding carboxylic acids is 1. The number of fused-ring (bicyclic) bond motifs is 1. The number of rotatable bonds is 2. The molecule has 118 valence electrons. The highest BCUT2D eigenvalue weighted by molar-refractivity contribution is 5.92. The van der Waals surface area contributed by atoms with Crippen molar-refractivity contribution in [3.63, 3.8) is 0 Å². The van der Waals surface area contributed by atoms with Crippen LogP contribution in [-0.2, 0) is 4.74 Å². The molecule has 0 bridgehead atoms. The van der Waals surface area contributed by atoms with E-state index in [0.29, 0.717) is 25.6 Å². The fourth-order valence-electron chi connectivity index (χ4n) is 2.77. The summed E-state index contributed by atoms with van der Waals surface area (Å²) in [4.78, 5) is 21.6. The lowest BCUT2D eigenvalue weighted by molar-refractivity contribution is 0.0118. The fraction of sp³-hybridized carbons (Fsp3) is 0.267. The van der Waals surface area contributed by atoms with Crippen molar-refractivity contribution < 1.29 is 9.53 Å². The summed E-state index contributed by atoms with van der Waals surface area (Å²) in [6.45, 7) is 1.41. The third-order valence-corrected chi connectivity index (χ3v) is 3.94. The molecule has 1 aromatic carbocycles. The van der Waals surface area contributed by atoms with Crippen LogP contribution in [0.4, 0.5) is 10.5 Å². The first-order valence-corrected chi connectivity index (χ1v) is 7.39. The van der Waals surface area contributed by atoms with E-state index in [1.54, 1.807) is 4.90 Å². The van der Waals surface area contributed by atoms with Gasteiger partial charge in [-0.05, 0) is 23.6 Å². The SMILES string of the molecule is O=C(Nc1ccc2cc[nH]c2c1)N1CCOCC1c1ncn[nH]1. The Labute approximate surface area is 131 Å². The number of amides is 2. The van der Waals surface area contributed by atoms with E-state index in [-0.39, 0.29) is 12.1 Å². The third-order valence-electron chi connectivity index (χ3n) is 3.94. The molecular weight excluding hydrogens is 296 g/mol. The Morgan fingerprint density at radius 1 is 1.39 bits per heavy atom. The Morgan fingerprint density at radius 2 is 2.35 bits per heavy atom. The number of urea groups is 1. The van der Waals surface area contributed by atoms with Gasteiger partial charge in [-0.1, -0.05) is 6.07 Å². The molecule has 3 aromatic rings. The van der Waals surface area contributed by atoms with Crippen LogP contribution in [-0.4, -0.2) is 50.9 Å². The number of nitrogens with one attached hydrogen (secondary N) is 3. The minimum atomic E-state index is -0.263. The van der Waals surface area contributed by atoms with Crippen LogP contribution in [0.5, 0.6) is 0 Å². The van der Waals surface area contributed by atoms with Crippen molar-refractivity contribution in [2.24, 2.45) is 0 Å². The van der Waals surface area contributed by atoms with E-state index in [1.807, 2.05) is 30.5 Å². The van der Waals surface area contributed by atoms with Gasteiger partial charge in [-0.25, -0.2) is 9.78 Å².